The summed E-state index contributed by atoms with van der Waals surface area (Å²) in [6.45, 7) is 0. The molecule has 0 radical (unpaired) electrons. The van der Waals surface area contributed by atoms with Crippen molar-refractivity contribution in [2.24, 2.45) is 0 Å². The van der Waals surface area contributed by atoms with Crippen molar-refractivity contribution < 1.29 is 17.9 Å². The number of nitriles is 1. The summed E-state index contributed by atoms with van der Waals surface area (Å²) in [5.74, 6) is -0.246. The topological polar surface area (TPSA) is 33.0 Å². The van der Waals surface area contributed by atoms with Crippen LogP contribution in [-0.2, 0) is 6.42 Å². The molecule has 0 N–H and O–H groups in total. The van der Waals surface area contributed by atoms with Crippen molar-refractivity contribution in [2.75, 3.05) is 0 Å². The number of ether oxygens (including phenoxy) is 1. The molecule has 0 bridgehead atoms. The fraction of sp³-hybridized carbons (Fsp3) is 0.222. The van der Waals surface area contributed by atoms with E-state index in [9.17, 15) is 13.2 Å². The van der Waals surface area contributed by atoms with Crippen LogP contribution >= 0.6 is 22.6 Å². The Morgan fingerprint density at radius 3 is 2.53 bits per heavy atom. The standard InChI is InChI=1S/C9H5F3INO/c10-9(11,12)15-8-2-1-6(3-4-14)5-7(8)13/h1-2,5H,3H2. The van der Waals surface area contributed by atoms with Crippen LogP contribution in [0.3, 0.4) is 0 Å². The fourth-order valence-corrected chi connectivity index (χ4v) is 1.64. The summed E-state index contributed by atoms with van der Waals surface area (Å²) in [7, 11) is 0. The molecule has 0 aromatic heterocycles. The van der Waals surface area contributed by atoms with Gasteiger partial charge in [0.2, 0.25) is 0 Å². The quantitative estimate of drug-likeness (QED) is 0.781. The summed E-state index contributed by atoms with van der Waals surface area (Å²) in [6.07, 6.45) is -4.51. The molecule has 0 unspecified atom stereocenters. The smallest absolute Gasteiger partial charge is 0.405 e. The zero-order valence-electron chi connectivity index (χ0n) is 7.31. The van der Waals surface area contributed by atoms with E-state index in [-0.39, 0.29) is 12.2 Å². The zero-order valence-corrected chi connectivity index (χ0v) is 9.46. The first-order valence-electron chi connectivity index (χ1n) is 3.83. The maximum absolute atomic E-state index is 11.9. The molecule has 1 aromatic carbocycles. The highest BCUT2D eigenvalue weighted by Gasteiger charge is 2.31. The van der Waals surface area contributed by atoms with E-state index in [2.05, 4.69) is 4.74 Å². The second-order valence-electron chi connectivity index (χ2n) is 2.65. The van der Waals surface area contributed by atoms with E-state index in [0.29, 0.717) is 9.13 Å². The van der Waals surface area contributed by atoms with Gasteiger partial charge in [0, 0.05) is 0 Å². The Bertz CT molecular complexity index is 397. The van der Waals surface area contributed by atoms with Gasteiger partial charge in [-0.15, -0.1) is 13.2 Å². The third-order valence-electron chi connectivity index (χ3n) is 1.51. The van der Waals surface area contributed by atoms with Crippen LogP contribution in [0.25, 0.3) is 0 Å². The summed E-state index contributed by atoms with van der Waals surface area (Å²) >= 11 is 1.73. The monoisotopic (exact) mass is 327 g/mol. The second-order valence-corrected chi connectivity index (χ2v) is 3.81. The van der Waals surface area contributed by atoms with Gasteiger partial charge in [-0.1, -0.05) is 6.07 Å². The first-order chi connectivity index (χ1) is 6.92. The largest absolute Gasteiger partial charge is 0.573 e. The Morgan fingerprint density at radius 2 is 2.07 bits per heavy atom. The number of hydrogen-bond donors (Lipinski definition) is 0. The minimum atomic E-state index is -4.68. The van der Waals surface area contributed by atoms with E-state index in [1.165, 1.54) is 18.2 Å². The Kier molecular flexibility index (Phi) is 3.79. The van der Waals surface area contributed by atoms with Gasteiger partial charge in [0.1, 0.15) is 5.75 Å². The van der Waals surface area contributed by atoms with Crippen molar-refractivity contribution in [1.29, 1.82) is 5.26 Å². The lowest BCUT2D eigenvalue weighted by Crippen LogP contribution is -2.17. The molecular weight excluding hydrogens is 322 g/mol. The van der Waals surface area contributed by atoms with E-state index in [1.807, 2.05) is 6.07 Å². The first kappa shape index (κ1) is 12.1. The summed E-state index contributed by atoms with van der Waals surface area (Å²) in [6, 6.07) is 6.05. The SMILES string of the molecule is N#CCc1ccc(OC(F)(F)F)c(I)c1. The molecule has 0 aliphatic rings. The van der Waals surface area contributed by atoms with Gasteiger partial charge < -0.3 is 4.74 Å². The molecule has 0 aliphatic carbocycles. The molecule has 6 heteroatoms. The van der Waals surface area contributed by atoms with Crippen molar-refractivity contribution in [3.63, 3.8) is 0 Å². The average molecular weight is 327 g/mol. The molecule has 2 nitrogen and oxygen atoms in total. The fourth-order valence-electron chi connectivity index (χ4n) is 0.953. The minimum absolute atomic E-state index is 0.169. The molecule has 0 saturated carbocycles. The molecule has 15 heavy (non-hydrogen) atoms. The highest BCUT2D eigenvalue weighted by molar-refractivity contribution is 14.1. The number of nitrogens with zero attached hydrogens (tertiary/aromatic N) is 1. The van der Waals surface area contributed by atoms with Crippen LogP contribution in [0.2, 0.25) is 0 Å². The van der Waals surface area contributed by atoms with Crippen LogP contribution in [-0.4, -0.2) is 6.36 Å². The van der Waals surface area contributed by atoms with Crippen molar-refractivity contribution in [3.8, 4) is 11.8 Å². The van der Waals surface area contributed by atoms with Gasteiger partial charge in [0.05, 0.1) is 16.1 Å². The number of alkyl halides is 3. The van der Waals surface area contributed by atoms with Crippen molar-refractivity contribution in [1.82, 2.24) is 0 Å². The zero-order chi connectivity index (χ0) is 11.5. The van der Waals surface area contributed by atoms with Crippen LogP contribution in [0.1, 0.15) is 5.56 Å². The van der Waals surface area contributed by atoms with E-state index in [4.69, 9.17) is 5.26 Å². The van der Waals surface area contributed by atoms with Gasteiger partial charge in [-0.2, -0.15) is 5.26 Å². The highest BCUT2D eigenvalue weighted by atomic mass is 127. The lowest BCUT2D eigenvalue weighted by molar-refractivity contribution is -0.274. The predicted octanol–water partition coefficient (Wildman–Crippen LogP) is 3.26. The number of halogens is 4. The Morgan fingerprint density at radius 1 is 1.40 bits per heavy atom. The Hall–Kier alpha value is -0.970. The van der Waals surface area contributed by atoms with Crippen LogP contribution in [0.5, 0.6) is 5.75 Å². The summed E-state index contributed by atoms with van der Waals surface area (Å²) in [5.41, 5.74) is 0.663. The molecule has 0 heterocycles. The molecule has 1 aromatic rings. The van der Waals surface area contributed by atoms with E-state index in [0.717, 1.165) is 0 Å². The molecule has 0 amide bonds. The number of rotatable bonds is 2. The molecule has 0 atom stereocenters. The normalized spacial score (nSPS) is 10.9. The molecule has 0 saturated heterocycles. The van der Waals surface area contributed by atoms with Crippen LogP contribution in [0.4, 0.5) is 13.2 Å². The number of benzene rings is 1. The van der Waals surface area contributed by atoms with Gasteiger partial charge in [0.15, 0.2) is 0 Å². The van der Waals surface area contributed by atoms with Crippen LogP contribution in [0.15, 0.2) is 18.2 Å². The average Bonchev–Trinajstić information content (AvgIpc) is 2.08. The van der Waals surface area contributed by atoms with Crippen molar-refractivity contribution in [3.05, 3.63) is 27.3 Å². The lowest BCUT2D eigenvalue weighted by Gasteiger charge is -2.10. The summed E-state index contributed by atoms with van der Waals surface area (Å²) < 4.78 is 39.8. The Labute approximate surface area is 97.8 Å². The van der Waals surface area contributed by atoms with Gasteiger partial charge in [-0.3, -0.25) is 0 Å². The second kappa shape index (κ2) is 4.70. The van der Waals surface area contributed by atoms with Gasteiger partial charge >= 0.3 is 6.36 Å². The summed E-state index contributed by atoms with van der Waals surface area (Å²) in [5, 5.41) is 8.40. The van der Waals surface area contributed by atoms with E-state index in [1.54, 1.807) is 22.6 Å². The Balaban J connectivity index is 2.89. The molecule has 1 rings (SSSR count). The maximum atomic E-state index is 11.9. The maximum Gasteiger partial charge on any atom is 0.573 e. The first-order valence-corrected chi connectivity index (χ1v) is 4.91. The minimum Gasteiger partial charge on any atom is -0.405 e. The molecular formula is C9H5F3INO. The molecule has 0 spiro atoms. The molecule has 0 fully saturated rings. The summed E-state index contributed by atoms with van der Waals surface area (Å²) in [4.78, 5) is 0. The van der Waals surface area contributed by atoms with Crippen LogP contribution < -0.4 is 4.74 Å². The van der Waals surface area contributed by atoms with Gasteiger partial charge in [-0.25, -0.2) is 0 Å². The van der Waals surface area contributed by atoms with Crippen LogP contribution in [0, 0.1) is 14.9 Å². The third kappa shape index (κ3) is 3.95. The third-order valence-corrected chi connectivity index (χ3v) is 2.35. The predicted molar refractivity (Wildman–Crippen MR) is 55.2 cm³/mol. The van der Waals surface area contributed by atoms with Gasteiger partial charge in [0.25, 0.3) is 0 Å². The van der Waals surface area contributed by atoms with Crippen molar-refractivity contribution in [2.45, 2.75) is 12.8 Å². The highest BCUT2D eigenvalue weighted by Crippen LogP contribution is 2.28. The molecule has 0 aliphatic heterocycles. The number of hydrogen-bond acceptors (Lipinski definition) is 2. The lowest BCUT2D eigenvalue weighted by atomic mass is 10.2. The van der Waals surface area contributed by atoms with Crippen molar-refractivity contribution >= 4 is 22.6 Å². The van der Waals surface area contributed by atoms with E-state index >= 15 is 0 Å². The van der Waals surface area contributed by atoms with E-state index < -0.39 is 6.36 Å². The molecule has 80 valence electrons. The van der Waals surface area contributed by atoms with Gasteiger partial charge in [-0.05, 0) is 40.3 Å².